The molecule has 3 aromatic rings. The largest absolute Gasteiger partial charge is 0.444 e. The summed E-state index contributed by atoms with van der Waals surface area (Å²) >= 11 is 0. The van der Waals surface area contributed by atoms with Crippen molar-refractivity contribution in [1.82, 2.24) is 10.2 Å². The third-order valence-corrected chi connectivity index (χ3v) is 6.34. The monoisotopic (exact) mass is 572 g/mol. The van der Waals surface area contributed by atoms with Gasteiger partial charge in [-0.05, 0) is 81.6 Å². The van der Waals surface area contributed by atoms with Crippen LogP contribution in [-0.2, 0) is 19.1 Å². The molecule has 3 rings (SSSR count). The van der Waals surface area contributed by atoms with Gasteiger partial charge in [0.2, 0.25) is 11.8 Å². The highest BCUT2D eigenvalue weighted by Crippen LogP contribution is 2.32. The Kier molecular flexibility index (Phi) is 9.78. The molecule has 0 aliphatic rings. The number of hydrogen-bond donors (Lipinski definition) is 3. The number of primary amides is 1. The zero-order valence-corrected chi connectivity index (χ0v) is 25.1. The second-order valence-electron chi connectivity index (χ2n) is 12.1. The fourth-order valence-corrected chi connectivity index (χ4v) is 4.62. The molecule has 0 heterocycles. The molecule has 0 spiro atoms. The van der Waals surface area contributed by atoms with Crippen LogP contribution in [0.4, 0.5) is 10.5 Å². The highest BCUT2D eigenvalue weighted by atomic mass is 16.6. The van der Waals surface area contributed by atoms with E-state index in [2.05, 4.69) is 17.2 Å². The number of rotatable bonds is 9. The summed E-state index contributed by atoms with van der Waals surface area (Å²) in [5, 5.41) is 7.41. The molecule has 222 valence electrons. The lowest BCUT2D eigenvalue weighted by molar-refractivity contribution is -0.147. The molecule has 3 aromatic carbocycles. The number of nitrogens with zero attached hydrogens (tertiary/aromatic N) is 1. The van der Waals surface area contributed by atoms with Crippen LogP contribution in [0.3, 0.4) is 0 Å². The average molecular weight is 573 g/mol. The number of amides is 4. The number of benzene rings is 3. The maximum absolute atomic E-state index is 14.3. The fourth-order valence-electron chi connectivity index (χ4n) is 4.62. The summed E-state index contributed by atoms with van der Waals surface area (Å²) in [7, 11) is 0. The van der Waals surface area contributed by atoms with Gasteiger partial charge in [0, 0.05) is 11.2 Å². The summed E-state index contributed by atoms with van der Waals surface area (Å²) in [5.74, 6) is -1.95. The van der Waals surface area contributed by atoms with Crippen LogP contribution < -0.4 is 16.4 Å². The molecule has 0 fully saturated rings. The Balaban J connectivity index is 2.10. The van der Waals surface area contributed by atoms with E-state index >= 15 is 0 Å². The van der Waals surface area contributed by atoms with Crippen molar-refractivity contribution in [3.05, 3.63) is 84.4 Å². The number of carbonyl (C=O) groups is 4. The molecule has 0 aliphatic carbocycles. The summed E-state index contributed by atoms with van der Waals surface area (Å²) in [6.07, 6.45) is 0.267. The maximum Gasteiger partial charge on any atom is 0.408 e. The first kappa shape index (κ1) is 31.9. The molecule has 42 heavy (non-hydrogen) atoms. The van der Waals surface area contributed by atoms with E-state index in [4.69, 9.17) is 10.5 Å². The Morgan fingerprint density at radius 1 is 0.929 bits per heavy atom. The van der Waals surface area contributed by atoms with Crippen molar-refractivity contribution in [2.24, 2.45) is 5.73 Å². The first-order valence-corrected chi connectivity index (χ1v) is 13.7. The van der Waals surface area contributed by atoms with Crippen LogP contribution in [0.1, 0.15) is 65.1 Å². The van der Waals surface area contributed by atoms with Crippen molar-refractivity contribution in [2.75, 3.05) is 5.32 Å². The lowest BCUT2D eigenvalue weighted by atomic mass is 9.94. The van der Waals surface area contributed by atoms with E-state index in [1.807, 2.05) is 42.5 Å². The van der Waals surface area contributed by atoms with E-state index < -0.39 is 53.5 Å². The topological polar surface area (TPSA) is 131 Å². The summed E-state index contributed by atoms with van der Waals surface area (Å²) in [4.78, 5) is 54.5. The Hall–Kier alpha value is -4.66. The number of anilines is 1. The Bertz CT molecular complexity index is 1490. The first-order valence-electron chi connectivity index (χ1n) is 13.7. The Morgan fingerprint density at radius 3 is 2.19 bits per heavy atom. The van der Waals surface area contributed by atoms with Crippen molar-refractivity contribution in [3.8, 4) is 0 Å². The molecule has 2 unspecified atom stereocenters. The molecule has 4 amide bonds. The SMILES string of the molecule is C=Cc1cccc(C(C(=O)Nc2ccc3ccccc3c2)N(C(=O)C(CC(N)=O)NC(=O)OC(C)(C)C)C(C)(C)C)c1. The highest BCUT2D eigenvalue weighted by molar-refractivity contribution is 6.01. The summed E-state index contributed by atoms with van der Waals surface area (Å²) in [6, 6.07) is 17.9. The molecule has 2 atom stereocenters. The van der Waals surface area contributed by atoms with Gasteiger partial charge >= 0.3 is 6.09 Å². The minimum absolute atomic E-state index is 0.482. The number of alkyl carbamates (subject to hydrolysis) is 1. The smallest absolute Gasteiger partial charge is 0.408 e. The van der Waals surface area contributed by atoms with Gasteiger partial charge in [0.15, 0.2) is 0 Å². The molecular weight excluding hydrogens is 532 g/mol. The minimum Gasteiger partial charge on any atom is -0.444 e. The van der Waals surface area contributed by atoms with Crippen LogP contribution in [0.5, 0.6) is 0 Å². The van der Waals surface area contributed by atoms with Crippen LogP contribution in [0, 0.1) is 0 Å². The van der Waals surface area contributed by atoms with Crippen LogP contribution in [-0.4, -0.2) is 45.9 Å². The van der Waals surface area contributed by atoms with Crippen molar-refractivity contribution in [2.45, 2.75) is 71.2 Å². The molecule has 0 radical (unpaired) electrons. The summed E-state index contributed by atoms with van der Waals surface area (Å²) in [6.45, 7) is 14.2. The van der Waals surface area contributed by atoms with Crippen LogP contribution in [0.25, 0.3) is 16.8 Å². The van der Waals surface area contributed by atoms with Crippen LogP contribution in [0.2, 0.25) is 0 Å². The molecule has 0 aromatic heterocycles. The number of carbonyl (C=O) groups excluding carboxylic acids is 4. The van der Waals surface area contributed by atoms with Gasteiger partial charge < -0.3 is 26.0 Å². The average Bonchev–Trinajstić information content (AvgIpc) is 2.88. The molecule has 0 aliphatic heterocycles. The van der Waals surface area contributed by atoms with Crippen LogP contribution in [0.15, 0.2) is 73.3 Å². The van der Waals surface area contributed by atoms with E-state index in [0.717, 1.165) is 16.3 Å². The van der Waals surface area contributed by atoms with Crippen molar-refractivity contribution in [1.29, 1.82) is 0 Å². The van der Waals surface area contributed by atoms with Crippen LogP contribution >= 0.6 is 0 Å². The zero-order chi connectivity index (χ0) is 31.2. The summed E-state index contributed by atoms with van der Waals surface area (Å²) < 4.78 is 5.34. The molecule has 0 saturated heterocycles. The normalized spacial score (nSPS) is 13.0. The number of nitrogens with one attached hydrogen (secondary N) is 2. The van der Waals surface area contributed by atoms with Gasteiger partial charge in [-0.2, -0.15) is 0 Å². The van der Waals surface area contributed by atoms with E-state index in [9.17, 15) is 19.2 Å². The predicted molar refractivity (Wildman–Crippen MR) is 165 cm³/mol. The molecule has 4 N–H and O–H groups in total. The fraction of sp³-hybridized carbons (Fsp3) is 0.333. The van der Waals surface area contributed by atoms with E-state index in [1.165, 1.54) is 4.90 Å². The molecular formula is C33H40N4O5. The van der Waals surface area contributed by atoms with E-state index in [-0.39, 0.29) is 0 Å². The zero-order valence-electron chi connectivity index (χ0n) is 25.1. The molecule has 0 saturated carbocycles. The second kappa shape index (κ2) is 12.9. The molecule has 9 nitrogen and oxygen atoms in total. The van der Waals surface area contributed by atoms with Crippen molar-refractivity contribution >= 4 is 46.4 Å². The van der Waals surface area contributed by atoms with Gasteiger partial charge in [0.1, 0.15) is 17.7 Å². The van der Waals surface area contributed by atoms with Gasteiger partial charge in [-0.1, -0.05) is 61.2 Å². The summed E-state index contributed by atoms with van der Waals surface area (Å²) in [5.41, 5.74) is 5.50. The van der Waals surface area contributed by atoms with Gasteiger partial charge in [0.05, 0.1) is 6.42 Å². The van der Waals surface area contributed by atoms with Gasteiger partial charge in [-0.3, -0.25) is 14.4 Å². The molecule has 9 heteroatoms. The van der Waals surface area contributed by atoms with E-state index in [0.29, 0.717) is 11.3 Å². The van der Waals surface area contributed by atoms with Gasteiger partial charge in [0.25, 0.3) is 5.91 Å². The number of nitrogens with two attached hydrogens (primary N) is 1. The lowest BCUT2D eigenvalue weighted by Gasteiger charge is -2.43. The number of hydrogen-bond acceptors (Lipinski definition) is 5. The second-order valence-corrected chi connectivity index (χ2v) is 12.1. The van der Waals surface area contributed by atoms with Crippen molar-refractivity contribution < 1.29 is 23.9 Å². The first-order chi connectivity index (χ1) is 19.6. The Morgan fingerprint density at radius 2 is 1.60 bits per heavy atom. The molecule has 0 bridgehead atoms. The lowest BCUT2D eigenvalue weighted by Crippen LogP contribution is -2.58. The van der Waals surface area contributed by atoms with Gasteiger partial charge in [-0.25, -0.2) is 4.79 Å². The predicted octanol–water partition coefficient (Wildman–Crippen LogP) is 5.56. The number of ether oxygens (including phenoxy) is 1. The quantitative estimate of drug-likeness (QED) is 0.309. The standard InChI is InChI=1S/C33H40N4O5/c1-8-21-12-11-15-24(18-21)28(29(39)35-25-17-16-22-13-9-10-14-23(22)19-25)37(32(2,3)4)30(40)26(20-27(34)38)36-31(41)42-33(5,6)7/h8-19,26,28H,1,20H2,2-7H3,(H2,34,38)(H,35,39)(H,36,41). The minimum atomic E-state index is -1.38. The van der Waals surface area contributed by atoms with Crippen molar-refractivity contribution in [3.63, 3.8) is 0 Å². The Labute approximate surface area is 247 Å². The maximum atomic E-state index is 14.3. The van der Waals surface area contributed by atoms with Gasteiger partial charge in [-0.15, -0.1) is 0 Å². The number of fused-ring (bicyclic) bond motifs is 1. The third-order valence-electron chi connectivity index (χ3n) is 6.34. The highest BCUT2D eigenvalue weighted by Gasteiger charge is 2.42. The third kappa shape index (κ3) is 8.42. The van der Waals surface area contributed by atoms with E-state index in [1.54, 1.807) is 71.9 Å².